The van der Waals surface area contributed by atoms with E-state index in [4.69, 9.17) is 9.47 Å². The Morgan fingerprint density at radius 3 is 2.34 bits per heavy atom. The molecule has 4 heterocycles. The van der Waals surface area contributed by atoms with E-state index in [9.17, 15) is 9.90 Å². The molecule has 0 bridgehead atoms. The summed E-state index contributed by atoms with van der Waals surface area (Å²) in [5.74, 6) is 0.907. The van der Waals surface area contributed by atoms with E-state index in [-0.39, 0.29) is 12.5 Å². The Kier molecular flexibility index (Phi) is 4.69. The minimum atomic E-state index is -0.648. The van der Waals surface area contributed by atoms with Crippen molar-refractivity contribution in [1.82, 2.24) is 9.97 Å². The van der Waals surface area contributed by atoms with Crippen LogP contribution in [0.1, 0.15) is 24.2 Å². The molecule has 29 heavy (non-hydrogen) atoms. The zero-order chi connectivity index (χ0) is 19.8. The number of morpholine rings is 1. The first-order chi connectivity index (χ1) is 14.2. The molecule has 1 spiro atoms. The summed E-state index contributed by atoms with van der Waals surface area (Å²) in [5, 5.41) is 9.51. The van der Waals surface area contributed by atoms with Crippen molar-refractivity contribution in [3.63, 3.8) is 0 Å². The number of ether oxygens (including phenoxy) is 2. The van der Waals surface area contributed by atoms with E-state index in [2.05, 4.69) is 14.9 Å². The van der Waals surface area contributed by atoms with Crippen LogP contribution in [-0.4, -0.2) is 60.5 Å². The normalized spacial score (nSPS) is 20.9. The highest BCUT2D eigenvalue weighted by molar-refractivity contribution is 6.12. The van der Waals surface area contributed by atoms with Crippen molar-refractivity contribution in [3.05, 3.63) is 41.9 Å². The summed E-state index contributed by atoms with van der Waals surface area (Å²) < 4.78 is 10.9. The van der Waals surface area contributed by atoms with E-state index in [0.717, 1.165) is 43.2 Å². The first-order valence-electron chi connectivity index (χ1n) is 10.1. The lowest BCUT2D eigenvalue weighted by atomic mass is 9.76. The fourth-order valence-electron chi connectivity index (χ4n) is 4.49. The van der Waals surface area contributed by atoms with Crippen molar-refractivity contribution >= 4 is 23.1 Å². The predicted molar refractivity (Wildman–Crippen MR) is 106 cm³/mol. The summed E-state index contributed by atoms with van der Waals surface area (Å²) in [4.78, 5) is 26.4. The molecule has 1 aromatic carbocycles. The third kappa shape index (κ3) is 2.99. The van der Waals surface area contributed by atoms with Gasteiger partial charge in [-0.25, -0.2) is 9.97 Å². The van der Waals surface area contributed by atoms with Crippen molar-refractivity contribution < 1.29 is 19.4 Å². The van der Waals surface area contributed by atoms with Gasteiger partial charge in [0.25, 0.3) is 0 Å². The molecule has 0 unspecified atom stereocenters. The first kappa shape index (κ1) is 18.5. The smallest absolute Gasteiger partial charge is 0.243 e. The number of amides is 1. The molecule has 2 saturated heterocycles. The molecule has 152 valence electrons. The number of hydrogen-bond donors (Lipinski definition) is 1. The predicted octanol–water partition coefficient (Wildman–Crippen LogP) is 1.53. The highest BCUT2D eigenvalue weighted by atomic mass is 16.5. The summed E-state index contributed by atoms with van der Waals surface area (Å²) in [6.07, 6.45) is 2.94. The summed E-state index contributed by atoms with van der Waals surface area (Å²) in [7, 11) is 0. The molecule has 1 N–H and O–H groups in total. The zero-order valence-corrected chi connectivity index (χ0v) is 16.2. The minimum Gasteiger partial charge on any atom is -0.388 e. The van der Waals surface area contributed by atoms with Crippen molar-refractivity contribution in [2.24, 2.45) is 0 Å². The van der Waals surface area contributed by atoms with E-state index in [1.807, 2.05) is 24.3 Å². The monoisotopic (exact) mass is 396 g/mol. The van der Waals surface area contributed by atoms with Gasteiger partial charge in [0.2, 0.25) is 5.91 Å². The average Bonchev–Trinajstić information content (AvgIpc) is 3.02. The SMILES string of the molecule is O=C1N(c2ccc(N3CCOCC3)cc2)c2nc(CO)ncc2C12CCOCC2. The van der Waals surface area contributed by atoms with Crippen LogP contribution in [0.4, 0.5) is 17.2 Å². The summed E-state index contributed by atoms with van der Waals surface area (Å²) in [6, 6.07) is 8.00. The standard InChI is InChI=1S/C21H24N4O4/c26-14-18-22-13-17-19(23-18)25(20(27)21(17)5-9-28-10-6-21)16-3-1-15(2-4-16)24-7-11-29-12-8-24/h1-4,13,26H,5-12,14H2. The van der Waals surface area contributed by atoms with E-state index >= 15 is 0 Å². The minimum absolute atomic E-state index is 0.0133. The van der Waals surface area contributed by atoms with Crippen LogP contribution in [0.3, 0.4) is 0 Å². The van der Waals surface area contributed by atoms with Crippen LogP contribution in [0.2, 0.25) is 0 Å². The first-order valence-corrected chi connectivity index (χ1v) is 10.1. The summed E-state index contributed by atoms with van der Waals surface area (Å²) >= 11 is 0. The number of anilines is 3. The molecule has 0 saturated carbocycles. The number of hydrogen-bond acceptors (Lipinski definition) is 7. The maximum atomic E-state index is 13.6. The van der Waals surface area contributed by atoms with Gasteiger partial charge in [0, 0.05) is 43.8 Å². The van der Waals surface area contributed by atoms with Gasteiger partial charge in [-0.3, -0.25) is 9.69 Å². The van der Waals surface area contributed by atoms with Crippen LogP contribution in [0, 0.1) is 0 Å². The maximum Gasteiger partial charge on any atom is 0.243 e. The fourth-order valence-corrected chi connectivity index (χ4v) is 4.49. The fraction of sp³-hybridized carbons (Fsp3) is 0.476. The second-order valence-corrected chi connectivity index (χ2v) is 7.63. The number of benzene rings is 1. The number of aromatic nitrogens is 2. The molecule has 5 rings (SSSR count). The maximum absolute atomic E-state index is 13.6. The topological polar surface area (TPSA) is 88.0 Å². The van der Waals surface area contributed by atoms with Crippen molar-refractivity contribution in [1.29, 1.82) is 0 Å². The highest BCUT2D eigenvalue weighted by Crippen LogP contribution is 2.49. The quantitative estimate of drug-likeness (QED) is 0.842. The molecule has 1 amide bonds. The molecule has 0 aliphatic carbocycles. The van der Waals surface area contributed by atoms with Crippen LogP contribution in [0.25, 0.3) is 0 Å². The molecule has 0 atom stereocenters. The van der Waals surface area contributed by atoms with Gasteiger partial charge < -0.3 is 19.5 Å². The highest BCUT2D eigenvalue weighted by Gasteiger charge is 2.53. The van der Waals surface area contributed by atoms with E-state index < -0.39 is 5.41 Å². The largest absolute Gasteiger partial charge is 0.388 e. The Hall–Kier alpha value is -2.55. The molecule has 3 aliphatic heterocycles. The summed E-state index contributed by atoms with van der Waals surface area (Å²) in [6.45, 7) is 3.99. The molecule has 1 aromatic heterocycles. The van der Waals surface area contributed by atoms with Crippen molar-refractivity contribution in [2.75, 3.05) is 49.3 Å². The van der Waals surface area contributed by atoms with Gasteiger partial charge in [0.15, 0.2) is 5.82 Å². The Labute approximate surface area is 169 Å². The number of nitrogens with zero attached hydrogens (tertiary/aromatic N) is 4. The molecule has 8 nitrogen and oxygen atoms in total. The third-order valence-corrected chi connectivity index (χ3v) is 6.13. The summed E-state index contributed by atoms with van der Waals surface area (Å²) in [5.41, 5.74) is 2.08. The lowest BCUT2D eigenvalue weighted by molar-refractivity contribution is -0.125. The Morgan fingerprint density at radius 2 is 1.66 bits per heavy atom. The van der Waals surface area contributed by atoms with Crippen molar-refractivity contribution in [3.8, 4) is 0 Å². The van der Waals surface area contributed by atoms with Gasteiger partial charge in [-0.2, -0.15) is 0 Å². The van der Waals surface area contributed by atoms with Gasteiger partial charge >= 0.3 is 0 Å². The van der Waals surface area contributed by atoms with Crippen LogP contribution in [-0.2, 0) is 26.3 Å². The van der Waals surface area contributed by atoms with E-state index in [1.54, 1.807) is 11.1 Å². The second-order valence-electron chi connectivity index (χ2n) is 7.63. The van der Waals surface area contributed by atoms with Gasteiger partial charge in [-0.15, -0.1) is 0 Å². The molecular weight excluding hydrogens is 372 g/mol. The lowest BCUT2D eigenvalue weighted by Gasteiger charge is -2.32. The number of aliphatic hydroxyl groups excluding tert-OH is 1. The Bertz CT molecular complexity index is 905. The van der Waals surface area contributed by atoms with Gasteiger partial charge in [0.05, 0.1) is 24.3 Å². The number of fused-ring (bicyclic) bond motifs is 2. The number of carbonyl (C=O) groups excluding carboxylic acids is 1. The number of rotatable bonds is 3. The molecule has 0 radical (unpaired) electrons. The molecule has 2 aromatic rings. The third-order valence-electron chi connectivity index (χ3n) is 6.13. The van der Waals surface area contributed by atoms with Crippen LogP contribution >= 0.6 is 0 Å². The Morgan fingerprint density at radius 1 is 1.00 bits per heavy atom. The number of carbonyl (C=O) groups is 1. The van der Waals surface area contributed by atoms with E-state index in [1.165, 1.54) is 0 Å². The molecule has 2 fully saturated rings. The molecule has 3 aliphatic rings. The van der Waals surface area contributed by atoms with Crippen LogP contribution < -0.4 is 9.80 Å². The van der Waals surface area contributed by atoms with Crippen LogP contribution in [0.5, 0.6) is 0 Å². The second kappa shape index (κ2) is 7.37. The number of aliphatic hydroxyl groups is 1. The Balaban J connectivity index is 1.53. The zero-order valence-electron chi connectivity index (χ0n) is 16.2. The van der Waals surface area contributed by atoms with Crippen LogP contribution in [0.15, 0.2) is 30.5 Å². The van der Waals surface area contributed by atoms with Gasteiger partial charge in [-0.1, -0.05) is 0 Å². The van der Waals surface area contributed by atoms with Gasteiger partial charge in [0.1, 0.15) is 12.4 Å². The average molecular weight is 396 g/mol. The lowest BCUT2D eigenvalue weighted by Crippen LogP contribution is -2.42. The molecular formula is C21H24N4O4. The van der Waals surface area contributed by atoms with E-state index in [0.29, 0.717) is 37.7 Å². The molecule has 8 heteroatoms. The van der Waals surface area contributed by atoms with Crippen molar-refractivity contribution in [2.45, 2.75) is 24.9 Å². The van der Waals surface area contributed by atoms with Gasteiger partial charge in [-0.05, 0) is 37.1 Å².